The number of nitrogens with one attached hydrogen (secondary N) is 1. The molecule has 98 valence electrons. The molecule has 0 saturated carbocycles. The average molecular weight is 252 g/mol. The third-order valence-electron chi connectivity index (χ3n) is 2.52. The number of benzene rings is 1. The molecular weight excluding hydrogens is 236 g/mol. The summed E-state index contributed by atoms with van der Waals surface area (Å²) in [5, 5.41) is 20.6. The molecule has 18 heavy (non-hydrogen) atoms. The molecule has 2 amide bonds. The Morgan fingerprint density at radius 2 is 1.83 bits per heavy atom. The van der Waals surface area contributed by atoms with Crippen LogP contribution < -0.4 is 11.1 Å². The number of hydrogen-bond donors (Lipinski definition) is 4. The summed E-state index contributed by atoms with van der Waals surface area (Å²) >= 11 is 0. The molecule has 0 radical (unpaired) electrons. The van der Waals surface area contributed by atoms with E-state index < -0.39 is 30.6 Å². The van der Waals surface area contributed by atoms with Gasteiger partial charge in [0.1, 0.15) is 0 Å². The van der Waals surface area contributed by atoms with Gasteiger partial charge in [-0.1, -0.05) is 6.07 Å². The van der Waals surface area contributed by atoms with Gasteiger partial charge in [-0.25, -0.2) is 0 Å². The third kappa shape index (κ3) is 3.28. The first kappa shape index (κ1) is 14.1. The molecule has 0 heterocycles. The van der Waals surface area contributed by atoms with E-state index in [2.05, 4.69) is 5.32 Å². The summed E-state index contributed by atoms with van der Waals surface area (Å²) < 4.78 is 0. The van der Waals surface area contributed by atoms with Gasteiger partial charge in [0.25, 0.3) is 5.91 Å². The smallest absolute Gasteiger partial charge is 0.251 e. The van der Waals surface area contributed by atoms with E-state index in [1.54, 1.807) is 0 Å². The topological polar surface area (TPSA) is 113 Å². The highest BCUT2D eigenvalue weighted by Gasteiger charge is 2.25. The SMILES string of the molecule is CC(CO)(CO)NC(=O)c1cccc(C(N)=O)c1. The molecule has 0 saturated heterocycles. The van der Waals surface area contributed by atoms with E-state index in [1.165, 1.54) is 31.2 Å². The second-order valence-corrected chi connectivity index (χ2v) is 4.28. The molecule has 0 aliphatic heterocycles. The van der Waals surface area contributed by atoms with Gasteiger partial charge in [-0.3, -0.25) is 9.59 Å². The Kier molecular flexibility index (Phi) is 4.41. The first-order chi connectivity index (χ1) is 8.41. The van der Waals surface area contributed by atoms with Gasteiger partial charge < -0.3 is 21.3 Å². The molecule has 0 unspecified atom stereocenters. The molecule has 1 rings (SSSR count). The van der Waals surface area contributed by atoms with Gasteiger partial charge in [0.05, 0.1) is 18.8 Å². The van der Waals surface area contributed by atoms with Crippen LogP contribution in [0.5, 0.6) is 0 Å². The number of primary amides is 1. The number of amides is 2. The first-order valence-electron chi connectivity index (χ1n) is 5.36. The maximum atomic E-state index is 11.9. The fourth-order valence-corrected chi connectivity index (χ4v) is 1.29. The molecule has 0 fully saturated rings. The Hall–Kier alpha value is -1.92. The second kappa shape index (κ2) is 5.61. The fraction of sp³-hybridized carbons (Fsp3) is 0.333. The van der Waals surface area contributed by atoms with E-state index in [9.17, 15) is 9.59 Å². The molecule has 0 bridgehead atoms. The molecule has 0 atom stereocenters. The monoisotopic (exact) mass is 252 g/mol. The number of rotatable bonds is 5. The minimum absolute atomic E-state index is 0.220. The Morgan fingerprint density at radius 3 is 2.33 bits per heavy atom. The van der Waals surface area contributed by atoms with Gasteiger partial charge in [-0.15, -0.1) is 0 Å². The summed E-state index contributed by atoms with van der Waals surface area (Å²) in [5.74, 6) is -1.12. The van der Waals surface area contributed by atoms with Crippen LogP contribution in [0, 0.1) is 0 Å². The van der Waals surface area contributed by atoms with E-state index in [1.807, 2.05) is 0 Å². The summed E-state index contributed by atoms with van der Waals surface area (Å²) in [6, 6.07) is 5.89. The zero-order valence-electron chi connectivity index (χ0n) is 10.0. The molecule has 1 aromatic carbocycles. The van der Waals surface area contributed by atoms with Crippen LogP contribution in [0.3, 0.4) is 0 Å². The highest BCUT2D eigenvalue weighted by molar-refractivity contribution is 5.99. The van der Waals surface area contributed by atoms with Gasteiger partial charge >= 0.3 is 0 Å². The summed E-state index contributed by atoms with van der Waals surface area (Å²) in [6.45, 7) is 0.707. The van der Waals surface area contributed by atoms with Crippen molar-refractivity contribution in [1.29, 1.82) is 0 Å². The Morgan fingerprint density at radius 1 is 1.28 bits per heavy atom. The van der Waals surface area contributed by atoms with Crippen molar-refractivity contribution in [3.63, 3.8) is 0 Å². The quantitative estimate of drug-likeness (QED) is 0.552. The van der Waals surface area contributed by atoms with Crippen LogP contribution in [0.15, 0.2) is 24.3 Å². The Bertz CT molecular complexity index is 455. The summed E-state index contributed by atoms with van der Waals surface area (Å²) in [6.07, 6.45) is 0. The van der Waals surface area contributed by atoms with Crippen LogP contribution in [-0.2, 0) is 0 Å². The highest BCUT2D eigenvalue weighted by atomic mass is 16.3. The lowest BCUT2D eigenvalue weighted by Gasteiger charge is -2.26. The Balaban J connectivity index is 2.91. The second-order valence-electron chi connectivity index (χ2n) is 4.28. The van der Waals surface area contributed by atoms with Crippen molar-refractivity contribution in [3.05, 3.63) is 35.4 Å². The average Bonchev–Trinajstić information content (AvgIpc) is 2.38. The number of carbonyl (C=O) groups is 2. The van der Waals surface area contributed by atoms with E-state index in [4.69, 9.17) is 15.9 Å². The van der Waals surface area contributed by atoms with E-state index in [0.717, 1.165) is 0 Å². The van der Waals surface area contributed by atoms with Gasteiger partial charge in [0.15, 0.2) is 0 Å². The molecule has 1 aromatic rings. The zero-order chi connectivity index (χ0) is 13.8. The largest absolute Gasteiger partial charge is 0.394 e. The number of nitrogens with two attached hydrogens (primary N) is 1. The molecule has 0 aromatic heterocycles. The standard InChI is InChI=1S/C12H16N2O4/c1-12(6-15,7-16)14-11(18)9-4-2-3-8(5-9)10(13)17/h2-5,15-16H,6-7H2,1H3,(H2,13,17)(H,14,18). The van der Waals surface area contributed by atoms with Crippen molar-refractivity contribution >= 4 is 11.8 Å². The minimum atomic E-state index is -1.11. The lowest BCUT2D eigenvalue weighted by molar-refractivity contribution is 0.0724. The van der Waals surface area contributed by atoms with Crippen LogP contribution in [0.4, 0.5) is 0 Å². The predicted octanol–water partition coefficient (Wildman–Crippen LogP) is -0.741. The third-order valence-corrected chi connectivity index (χ3v) is 2.52. The normalized spacial score (nSPS) is 11.1. The highest BCUT2D eigenvalue weighted by Crippen LogP contribution is 2.08. The molecule has 6 nitrogen and oxygen atoms in total. The number of aliphatic hydroxyl groups excluding tert-OH is 2. The van der Waals surface area contributed by atoms with Crippen LogP contribution in [0.2, 0.25) is 0 Å². The zero-order valence-corrected chi connectivity index (χ0v) is 10.0. The van der Waals surface area contributed by atoms with Crippen LogP contribution >= 0.6 is 0 Å². The van der Waals surface area contributed by atoms with Crippen LogP contribution in [0.25, 0.3) is 0 Å². The van der Waals surface area contributed by atoms with Crippen molar-refractivity contribution < 1.29 is 19.8 Å². The van der Waals surface area contributed by atoms with Crippen molar-refractivity contribution in [2.45, 2.75) is 12.5 Å². The Labute approximate surface area is 104 Å². The first-order valence-corrected chi connectivity index (χ1v) is 5.36. The maximum absolute atomic E-state index is 11.9. The molecule has 0 aliphatic carbocycles. The predicted molar refractivity (Wildman–Crippen MR) is 65.0 cm³/mol. The van der Waals surface area contributed by atoms with Crippen molar-refractivity contribution in [1.82, 2.24) is 5.32 Å². The molecule has 0 spiro atoms. The van der Waals surface area contributed by atoms with Crippen molar-refractivity contribution in [2.75, 3.05) is 13.2 Å². The lowest BCUT2D eigenvalue weighted by atomic mass is 10.0. The number of carbonyl (C=O) groups excluding carboxylic acids is 2. The number of aliphatic hydroxyl groups is 2. The fourth-order valence-electron chi connectivity index (χ4n) is 1.29. The molecule has 0 aliphatic rings. The molecule has 5 N–H and O–H groups in total. The van der Waals surface area contributed by atoms with Crippen molar-refractivity contribution in [3.8, 4) is 0 Å². The summed E-state index contributed by atoms with van der Waals surface area (Å²) in [7, 11) is 0. The van der Waals surface area contributed by atoms with Crippen LogP contribution in [0.1, 0.15) is 27.6 Å². The van der Waals surface area contributed by atoms with E-state index in [-0.39, 0.29) is 11.1 Å². The maximum Gasteiger partial charge on any atom is 0.251 e. The summed E-state index contributed by atoms with van der Waals surface area (Å²) in [5.41, 5.74) is 4.46. The van der Waals surface area contributed by atoms with Gasteiger partial charge in [0, 0.05) is 11.1 Å². The lowest BCUT2D eigenvalue weighted by Crippen LogP contribution is -2.51. The van der Waals surface area contributed by atoms with E-state index >= 15 is 0 Å². The molecule has 6 heteroatoms. The van der Waals surface area contributed by atoms with E-state index in [0.29, 0.717) is 0 Å². The van der Waals surface area contributed by atoms with Gasteiger partial charge in [-0.05, 0) is 25.1 Å². The van der Waals surface area contributed by atoms with Crippen LogP contribution in [-0.4, -0.2) is 40.8 Å². The van der Waals surface area contributed by atoms with Gasteiger partial charge in [-0.2, -0.15) is 0 Å². The number of hydrogen-bond acceptors (Lipinski definition) is 4. The summed E-state index contributed by atoms with van der Waals surface area (Å²) in [4.78, 5) is 22.9. The van der Waals surface area contributed by atoms with Crippen molar-refractivity contribution in [2.24, 2.45) is 5.73 Å². The molecular formula is C12H16N2O4. The minimum Gasteiger partial charge on any atom is -0.394 e. The van der Waals surface area contributed by atoms with Gasteiger partial charge in [0.2, 0.25) is 5.91 Å².